The molecule has 1 saturated carbocycles. The van der Waals surface area contributed by atoms with Gasteiger partial charge in [-0.25, -0.2) is 8.42 Å². The Balaban J connectivity index is 1.56. The van der Waals surface area contributed by atoms with Gasteiger partial charge in [0, 0.05) is 26.2 Å². The van der Waals surface area contributed by atoms with Crippen molar-refractivity contribution in [3.05, 3.63) is 0 Å². The summed E-state index contributed by atoms with van der Waals surface area (Å²) in [5.74, 6) is 1.16. The van der Waals surface area contributed by atoms with Crippen LogP contribution in [0, 0.1) is 0 Å². The molecule has 1 saturated heterocycles. The molecule has 0 bridgehead atoms. The van der Waals surface area contributed by atoms with E-state index in [-0.39, 0.29) is 17.5 Å². The van der Waals surface area contributed by atoms with Gasteiger partial charge in [-0.05, 0) is 25.7 Å². The van der Waals surface area contributed by atoms with Crippen molar-refractivity contribution in [3.8, 4) is 0 Å². The third-order valence-corrected chi connectivity index (χ3v) is 6.08. The molecule has 2 fully saturated rings. The predicted molar refractivity (Wildman–Crippen MR) is 89.0 cm³/mol. The first kappa shape index (κ1) is 17.5. The number of nitrogens with zero attached hydrogens (tertiary/aromatic N) is 1. The van der Waals surface area contributed by atoms with Gasteiger partial charge in [0.25, 0.3) is 0 Å². The van der Waals surface area contributed by atoms with Crippen molar-refractivity contribution >= 4 is 15.8 Å². The molecule has 1 aliphatic carbocycles. The van der Waals surface area contributed by atoms with Crippen LogP contribution < -0.4 is 10.6 Å². The number of hydrogen-bond donors (Lipinski definition) is 2. The molecule has 0 amide bonds. The highest BCUT2D eigenvalue weighted by Crippen LogP contribution is 2.20. The zero-order valence-electron chi connectivity index (χ0n) is 13.5. The SMILES string of the molecule is CN=C(NCCCOC1CCCCC1)NC1CCS(=O)(=O)C1. The van der Waals surface area contributed by atoms with E-state index in [0.29, 0.717) is 18.5 Å². The molecule has 1 atom stereocenters. The third-order valence-electron chi connectivity index (χ3n) is 4.32. The number of sulfone groups is 1. The number of ether oxygens (including phenoxy) is 1. The van der Waals surface area contributed by atoms with E-state index in [9.17, 15) is 8.42 Å². The van der Waals surface area contributed by atoms with Gasteiger partial charge in [-0.3, -0.25) is 4.99 Å². The number of guanidine groups is 1. The maximum atomic E-state index is 11.4. The number of rotatable bonds is 6. The monoisotopic (exact) mass is 331 g/mol. The van der Waals surface area contributed by atoms with E-state index in [4.69, 9.17) is 4.74 Å². The first-order chi connectivity index (χ1) is 10.6. The fraction of sp³-hybridized carbons (Fsp3) is 0.933. The van der Waals surface area contributed by atoms with Crippen molar-refractivity contribution in [2.24, 2.45) is 4.99 Å². The van der Waals surface area contributed by atoms with Crippen molar-refractivity contribution in [2.75, 3.05) is 31.7 Å². The molecule has 7 heteroatoms. The van der Waals surface area contributed by atoms with Crippen LogP contribution in [0.15, 0.2) is 4.99 Å². The van der Waals surface area contributed by atoms with Gasteiger partial charge in [-0.2, -0.15) is 0 Å². The first-order valence-electron chi connectivity index (χ1n) is 8.38. The Labute approximate surface area is 134 Å². The molecule has 0 aromatic rings. The van der Waals surface area contributed by atoms with Crippen molar-refractivity contribution < 1.29 is 13.2 Å². The van der Waals surface area contributed by atoms with Crippen LogP contribution >= 0.6 is 0 Å². The van der Waals surface area contributed by atoms with Crippen LogP contribution in [0.3, 0.4) is 0 Å². The molecule has 2 aliphatic rings. The first-order valence-corrected chi connectivity index (χ1v) is 10.2. The molecular weight excluding hydrogens is 302 g/mol. The van der Waals surface area contributed by atoms with Gasteiger partial charge < -0.3 is 15.4 Å². The molecule has 0 aromatic carbocycles. The zero-order valence-corrected chi connectivity index (χ0v) is 14.3. The second-order valence-corrected chi connectivity index (χ2v) is 8.46. The van der Waals surface area contributed by atoms with E-state index in [1.54, 1.807) is 7.05 Å². The minimum absolute atomic E-state index is 0.0188. The van der Waals surface area contributed by atoms with Gasteiger partial charge in [0.05, 0.1) is 17.6 Å². The van der Waals surface area contributed by atoms with Crippen molar-refractivity contribution in [1.82, 2.24) is 10.6 Å². The highest BCUT2D eigenvalue weighted by Gasteiger charge is 2.28. The molecule has 0 radical (unpaired) electrons. The lowest BCUT2D eigenvalue weighted by molar-refractivity contribution is 0.0277. The molecule has 6 nitrogen and oxygen atoms in total. The van der Waals surface area contributed by atoms with Crippen molar-refractivity contribution in [1.29, 1.82) is 0 Å². The van der Waals surface area contributed by atoms with Crippen molar-refractivity contribution in [2.45, 2.75) is 57.1 Å². The second kappa shape index (κ2) is 8.72. The van der Waals surface area contributed by atoms with Crippen LogP contribution in [0.2, 0.25) is 0 Å². The van der Waals surface area contributed by atoms with Crippen LogP contribution in [0.25, 0.3) is 0 Å². The molecule has 2 rings (SSSR count). The maximum Gasteiger partial charge on any atom is 0.191 e. The minimum atomic E-state index is -2.86. The van der Waals surface area contributed by atoms with Gasteiger partial charge in [-0.1, -0.05) is 19.3 Å². The Hall–Kier alpha value is -0.820. The Morgan fingerprint density at radius 1 is 1.23 bits per heavy atom. The number of nitrogens with one attached hydrogen (secondary N) is 2. The zero-order chi connectivity index (χ0) is 15.8. The van der Waals surface area contributed by atoms with E-state index in [0.717, 1.165) is 19.6 Å². The summed E-state index contributed by atoms with van der Waals surface area (Å²) in [4.78, 5) is 4.15. The lowest BCUT2D eigenvalue weighted by Gasteiger charge is -2.22. The van der Waals surface area contributed by atoms with Crippen LogP contribution in [0.4, 0.5) is 0 Å². The quantitative estimate of drug-likeness (QED) is 0.432. The van der Waals surface area contributed by atoms with Gasteiger partial charge in [0.15, 0.2) is 15.8 Å². The Morgan fingerprint density at radius 3 is 2.64 bits per heavy atom. The topological polar surface area (TPSA) is 79.8 Å². The summed E-state index contributed by atoms with van der Waals surface area (Å²) in [6, 6.07) is -0.0188. The second-order valence-electron chi connectivity index (χ2n) is 6.23. The summed E-state index contributed by atoms with van der Waals surface area (Å²) in [5.41, 5.74) is 0. The lowest BCUT2D eigenvalue weighted by atomic mass is 9.98. The van der Waals surface area contributed by atoms with Gasteiger partial charge in [0.2, 0.25) is 0 Å². The van der Waals surface area contributed by atoms with Crippen LogP contribution in [0.1, 0.15) is 44.9 Å². The molecule has 0 aromatic heterocycles. The molecule has 2 N–H and O–H groups in total. The Morgan fingerprint density at radius 2 is 2.00 bits per heavy atom. The van der Waals surface area contributed by atoms with Crippen molar-refractivity contribution in [3.63, 3.8) is 0 Å². The van der Waals surface area contributed by atoms with Gasteiger partial charge >= 0.3 is 0 Å². The van der Waals surface area contributed by atoms with E-state index >= 15 is 0 Å². The third kappa shape index (κ3) is 6.12. The van der Waals surface area contributed by atoms with E-state index in [2.05, 4.69) is 15.6 Å². The Bertz CT molecular complexity index is 459. The largest absolute Gasteiger partial charge is 0.378 e. The standard InChI is InChI=1S/C15H29N3O3S/c1-16-15(18-13-8-11-22(19,20)12-13)17-9-5-10-21-14-6-3-2-4-7-14/h13-14H,2-12H2,1H3,(H2,16,17,18). The minimum Gasteiger partial charge on any atom is -0.378 e. The van der Waals surface area contributed by atoms with Gasteiger partial charge in [0.1, 0.15) is 0 Å². The number of hydrogen-bond acceptors (Lipinski definition) is 4. The molecular formula is C15H29N3O3S. The lowest BCUT2D eigenvalue weighted by Crippen LogP contribution is -2.44. The molecule has 22 heavy (non-hydrogen) atoms. The smallest absolute Gasteiger partial charge is 0.191 e. The van der Waals surface area contributed by atoms with Crippen LogP contribution in [-0.2, 0) is 14.6 Å². The molecule has 1 unspecified atom stereocenters. The Kier molecular flexibility index (Phi) is 6.95. The average molecular weight is 331 g/mol. The summed E-state index contributed by atoms with van der Waals surface area (Å²) in [7, 11) is -1.15. The summed E-state index contributed by atoms with van der Waals surface area (Å²) >= 11 is 0. The van der Waals surface area contributed by atoms with E-state index < -0.39 is 9.84 Å². The number of aliphatic imine (C=N–C) groups is 1. The summed E-state index contributed by atoms with van der Waals surface area (Å²) in [6.07, 6.45) is 8.39. The highest BCUT2D eigenvalue weighted by molar-refractivity contribution is 7.91. The fourth-order valence-electron chi connectivity index (χ4n) is 3.06. The summed E-state index contributed by atoms with van der Waals surface area (Å²) < 4.78 is 28.8. The molecule has 0 spiro atoms. The highest BCUT2D eigenvalue weighted by atomic mass is 32.2. The maximum absolute atomic E-state index is 11.4. The summed E-state index contributed by atoms with van der Waals surface area (Å²) in [5, 5.41) is 6.41. The fourth-order valence-corrected chi connectivity index (χ4v) is 4.73. The average Bonchev–Trinajstić information content (AvgIpc) is 2.85. The van der Waals surface area contributed by atoms with Crippen LogP contribution in [-0.4, -0.2) is 58.2 Å². The van der Waals surface area contributed by atoms with Gasteiger partial charge in [-0.15, -0.1) is 0 Å². The predicted octanol–water partition coefficient (Wildman–Crippen LogP) is 1.08. The summed E-state index contributed by atoms with van der Waals surface area (Å²) in [6.45, 7) is 1.55. The molecule has 1 heterocycles. The molecule has 1 aliphatic heterocycles. The molecule has 128 valence electrons. The van der Waals surface area contributed by atoms with E-state index in [1.165, 1.54) is 32.1 Å². The normalized spacial score (nSPS) is 26.0. The van der Waals surface area contributed by atoms with Crippen LogP contribution in [0.5, 0.6) is 0 Å². The van der Waals surface area contributed by atoms with E-state index in [1.807, 2.05) is 0 Å².